The van der Waals surface area contributed by atoms with Crippen LogP contribution in [0, 0.1) is 12.8 Å². The topological polar surface area (TPSA) is 98.0 Å². The Balaban J connectivity index is 1.36. The lowest BCUT2D eigenvalue weighted by molar-refractivity contribution is -0.151. The van der Waals surface area contributed by atoms with Crippen LogP contribution in [-0.4, -0.2) is 41.2 Å². The second-order valence-electron chi connectivity index (χ2n) is 7.76. The molecule has 0 saturated carbocycles. The van der Waals surface area contributed by atoms with Crippen molar-refractivity contribution < 1.29 is 17.9 Å². The van der Waals surface area contributed by atoms with E-state index in [1.54, 1.807) is 36.4 Å². The highest BCUT2D eigenvalue weighted by molar-refractivity contribution is 7.89. The van der Waals surface area contributed by atoms with Crippen LogP contribution in [0.4, 0.5) is 0 Å². The number of benzene rings is 1. The molecule has 0 N–H and O–H groups in total. The number of hydrogen-bond donors (Lipinski definition) is 0. The van der Waals surface area contributed by atoms with Gasteiger partial charge in [-0.1, -0.05) is 29.3 Å². The maximum atomic E-state index is 12.8. The fourth-order valence-electron chi connectivity index (χ4n) is 3.65. The van der Waals surface area contributed by atoms with Crippen molar-refractivity contribution in [1.82, 2.24) is 13.7 Å². The van der Waals surface area contributed by atoms with Crippen molar-refractivity contribution in [2.75, 3.05) is 13.1 Å². The van der Waals surface area contributed by atoms with Crippen molar-refractivity contribution >= 4 is 33.2 Å². The maximum absolute atomic E-state index is 12.8. The van der Waals surface area contributed by atoms with E-state index in [4.69, 9.17) is 16.3 Å². The number of sulfonamides is 1. The molecule has 32 heavy (non-hydrogen) atoms. The van der Waals surface area contributed by atoms with E-state index in [0.717, 1.165) is 5.56 Å². The Bertz CT molecular complexity index is 1310. The molecule has 3 aromatic rings. The molecule has 1 saturated heterocycles. The summed E-state index contributed by atoms with van der Waals surface area (Å²) in [6.07, 6.45) is 2.22. The molecule has 8 nitrogen and oxygen atoms in total. The molecule has 0 amide bonds. The summed E-state index contributed by atoms with van der Waals surface area (Å²) in [5, 5.41) is 0.413. The van der Waals surface area contributed by atoms with Crippen molar-refractivity contribution in [3.8, 4) is 0 Å². The molecule has 0 radical (unpaired) electrons. The summed E-state index contributed by atoms with van der Waals surface area (Å²) >= 11 is 5.90. The van der Waals surface area contributed by atoms with E-state index in [-0.39, 0.29) is 30.2 Å². The van der Waals surface area contributed by atoms with Crippen molar-refractivity contribution in [3.05, 3.63) is 75.3 Å². The lowest BCUT2D eigenvalue weighted by atomic mass is 9.98. The number of ether oxygens (including phenoxy) is 1. The number of esters is 1. The zero-order valence-corrected chi connectivity index (χ0v) is 19.0. The third-order valence-electron chi connectivity index (χ3n) is 5.48. The van der Waals surface area contributed by atoms with Crippen molar-refractivity contribution in [2.24, 2.45) is 5.92 Å². The standard InChI is InChI=1S/C22H22ClN3O5S/c1-15-2-5-19(6-3-15)32(29,30)25-10-8-16(9-11-25)22(28)31-14-18-12-21(27)26-13-17(23)4-7-20(26)24-18/h2-7,12-13,16H,8-11,14H2,1H3. The monoisotopic (exact) mass is 475 g/mol. The summed E-state index contributed by atoms with van der Waals surface area (Å²) in [5.41, 5.74) is 1.41. The smallest absolute Gasteiger partial charge is 0.309 e. The van der Waals surface area contributed by atoms with Gasteiger partial charge in [0.05, 0.1) is 21.5 Å². The quantitative estimate of drug-likeness (QED) is 0.526. The minimum Gasteiger partial charge on any atom is -0.459 e. The Morgan fingerprint density at radius 3 is 2.53 bits per heavy atom. The van der Waals surface area contributed by atoms with E-state index in [1.807, 2.05) is 6.92 Å². The van der Waals surface area contributed by atoms with Crippen LogP contribution in [0.2, 0.25) is 5.02 Å². The predicted molar refractivity (Wildman–Crippen MR) is 119 cm³/mol. The second-order valence-corrected chi connectivity index (χ2v) is 10.1. The molecule has 4 rings (SSSR count). The molecule has 10 heteroatoms. The number of rotatable bonds is 5. The van der Waals surface area contributed by atoms with Crippen LogP contribution in [0.3, 0.4) is 0 Å². The number of aryl methyl sites for hydroxylation is 1. The highest BCUT2D eigenvalue weighted by Gasteiger charge is 2.32. The van der Waals surface area contributed by atoms with Gasteiger partial charge in [-0.2, -0.15) is 4.31 Å². The average molecular weight is 476 g/mol. The van der Waals surface area contributed by atoms with Gasteiger partial charge in [-0.15, -0.1) is 0 Å². The summed E-state index contributed by atoms with van der Waals surface area (Å²) < 4.78 is 33.7. The Morgan fingerprint density at radius 2 is 1.84 bits per heavy atom. The molecule has 1 aromatic carbocycles. The largest absolute Gasteiger partial charge is 0.459 e. The molecule has 0 aliphatic carbocycles. The number of piperidine rings is 1. The lowest BCUT2D eigenvalue weighted by Crippen LogP contribution is -2.40. The van der Waals surface area contributed by atoms with Crippen molar-refractivity contribution in [1.29, 1.82) is 0 Å². The normalized spacial score (nSPS) is 15.7. The van der Waals surface area contributed by atoms with Gasteiger partial charge in [0.1, 0.15) is 12.3 Å². The second kappa shape index (κ2) is 9.01. The van der Waals surface area contributed by atoms with Crippen molar-refractivity contribution in [2.45, 2.75) is 31.3 Å². The first-order valence-electron chi connectivity index (χ1n) is 10.2. The summed E-state index contributed by atoms with van der Waals surface area (Å²) in [7, 11) is -3.59. The first-order chi connectivity index (χ1) is 15.2. The summed E-state index contributed by atoms with van der Waals surface area (Å²) in [6.45, 7) is 2.25. The lowest BCUT2D eigenvalue weighted by Gasteiger charge is -2.30. The molecule has 2 aromatic heterocycles. The third kappa shape index (κ3) is 4.69. The SMILES string of the molecule is Cc1ccc(S(=O)(=O)N2CCC(C(=O)OCc3cc(=O)n4cc(Cl)ccc4n3)CC2)cc1. The number of carbonyl (C=O) groups is 1. The van der Waals surface area contributed by atoms with Crippen LogP contribution in [0.5, 0.6) is 0 Å². The number of carbonyl (C=O) groups excluding carboxylic acids is 1. The van der Waals surface area contributed by atoms with Crippen LogP contribution in [-0.2, 0) is 26.2 Å². The van der Waals surface area contributed by atoms with Gasteiger partial charge in [-0.05, 0) is 44.0 Å². The van der Waals surface area contributed by atoms with E-state index >= 15 is 0 Å². The number of aromatic nitrogens is 2. The Morgan fingerprint density at radius 1 is 1.16 bits per heavy atom. The zero-order valence-electron chi connectivity index (χ0n) is 17.4. The molecular formula is C22H22ClN3O5S. The highest BCUT2D eigenvalue weighted by atomic mass is 35.5. The van der Waals surface area contributed by atoms with Crippen LogP contribution < -0.4 is 5.56 Å². The Labute approximate surface area is 190 Å². The molecule has 1 fully saturated rings. The van der Waals surface area contributed by atoms with Gasteiger partial charge in [-0.25, -0.2) is 13.4 Å². The first-order valence-corrected chi connectivity index (χ1v) is 12.0. The molecule has 0 unspecified atom stereocenters. The highest BCUT2D eigenvalue weighted by Crippen LogP contribution is 2.25. The van der Waals surface area contributed by atoms with Crippen LogP contribution in [0.15, 0.2) is 58.4 Å². The molecule has 0 spiro atoms. The summed E-state index contributed by atoms with van der Waals surface area (Å²) in [4.78, 5) is 29.3. The van der Waals surface area contributed by atoms with Gasteiger partial charge in [-0.3, -0.25) is 14.0 Å². The molecule has 3 heterocycles. The van der Waals surface area contributed by atoms with Crippen LogP contribution in [0.25, 0.3) is 5.65 Å². The maximum Gasteiger partial charge on any atom is 0.309 e. The van der Waals surface area contributed by atoms with E-state index in [2.05, 4.69) is 4.98 Å². The van der Waals surface area contributed by atoms with Gasteiger partial charge in [0, 0.05) is 25.4 Å². The molecular weight excluding hydrogens is 454 g/mol. The predicted octanol–water partition coefficient (Wildman–Crippen LogP) is 2.80. The van der Waals surface area contributed by atoms with Crippen LogP contribution >= 0.6 is 11.6 Å². The molecule has 1 aliphatic heterocycles. The summed E-state index contributed by atoms with van der Waals surface area (Å²) in [5.74, 6) is -0.824. The minimum absolute atomic E-state index is 0.130. The Hall–Kier alpha value is -2.75. The third-order valence-corrected chi connectivity index (χ3v) is 7.62. The van der Waals surface area contributed by atoms with Crippen LogP contribution in [0.1, 0.15) is 24.1 Å². The van der Waals surface area contributed by atoms with Gasteiger partial charge < -0.3 is 4.74 Å². The molecule has 0 atom stereocenters. The zero-order chi connectivity index (χ0) is 22.9. The first kappa shape index (κ1) is 22.4. The van der Waals surface area contributed by atoms with E-state index in [0.29, 0.717) is 29.2 Å². The number of hydrogen-bond acceptors (Lipinski definition) is 6. The molecule has 0 bridgehead atoms. The fourth-order valence-corrected chi connectivity index (χ4v) is 5.28. The van der Waals surface area contributed by atoms with E-state index in [1.165, 1.54) is 21.0 Å². The minimum atomic E-state index is -3.59. The molecule has 168 valence electrons. The molecule has 1 aliphatic rings. The van der Waals surface area contributed by atoms with Gasteiger partial charge in [0.2, 0.25) is 10.0 Å². The number of pyridine rings is 1. The van der Waals surface area contributed by atoms with E-state index in [9.17, 15) is 18.0 Å². The fraction of sp³-hybridized carbons (Fsp3) is 0.318. The van der Waals surface area contributed by atoms with Gasteiger partial charge >= 0.3 is 5.97 Å². The average Bonchev–Trinajstić information content (AvgIpc) is 2.78. The van der Waals surface area contributed by atoms with E-state index < -0.39 is 21.9 Å². The van der Waals surface area contributed by atoms with Gasteiger partial charge in [0.15, 0.2) is 0 Å². The summed E-state index contributed by atoms with van der Waals surface area (Å²) in [6, 6.07) is 11.2. The Kier molecular flexibility index (Phi) is 6.32. The number of halogens is 1. The van der Waals surface area contributed by atoms with Crippen molar-refractivity contribution in [3.63, 3.8) is 0 Å². The van der Waals surface area contributed by atoms with Gasteiger partial charge in [0.25, 0.3) is 5.56 Å². The number of nitrogens with zero attached hydrogens (tertiary/aromatic N) is 3. The number of fused-ring (bicyclic) bond motifs is 1.